The number of hydrogen-bond acceptors (Lipinski definition) is 4. The van der Waals surface area contributed by atoms with Crippen molar-refractivity contribution in [1.29, 1.82) is 0 Å². The zero-order valence-electron chi connectivity index (χ0n) is 13.4. The molecule has 1 saturated carbocycles. The Morgan fingerprint density at radius 3 is 2.12 bits per heavy atom. The fraction of sp³-hybridized carbons (Fsp3) is 0.562. The number of nitrogens with zero attached hydrogens (tertiary/aromatic N) is 2. The maximum atomic E-state index is 12.6. The molecule has 1 heterocycles. The topological polar surface area (TPSA) is 83.7 Å². The molecular weight excluding hydrogens is 350 g/mol. The Morgan fingerprint density at radius 1 is 1.04 bits per heavy atom. The van der Waals surface area contributed by atoms with Gasteiger partial charge < -0.3 is 10.6 Å². The van der Waals surface area contributed by atoms with E-state index in [2.05, 4.69) is 0 Å². The van der Waals surface area contributed by atoms with E-state index in [9.17, 15) is 13.2 Å². The molecule has 2 aliphatic rings. The van der Waals surface area contributed by atoms with Crippen LogP contribution in [0.5, 0.6) is 0 Å². The van der Waals surface area contributed by atoms with E-state index in [-0.39, 0.29) is 23.9 Å². The van der Waals surface area contributed by atoms with Crippen LogP contribution in [-0.2, 0) is 14.8 Å². The van der Waals surface area contributed by atoms with E-state index in [1.54, 1.807) is 17.0 Å². The summed E-state index contributed by atoms with van der Waals surface area (Å²) in [5, 5.41) is 0.495. The summed E-state index contributed by atoms with van der Waals surface area (Å²) in [7, 11) is -3.56. The Kier molecular flexibility index (Phi) is 4.88. The lowest BCUT2D eigenvalue weighted by Gasteiger charge is -2.37. The van der Waals surface area contributed by atoms with Gasteiger partial charge >= 0.3 is 0 Å². The normalized spacial score (nSPS) is 21.8. The Balaban J connectivity index is 1.66. The monoisotopic (exact) mass is 371 g/mol. The van der Waals surface area contributed by atoms with Crippen LogP contribution in [0.25, 0.3) is 0 Å². The van der Waals surface area contributed by atoms with Crippen molar-refractivity contribution in [1.82, 2.24) is 9.21 Å². The highest BCUT2D eigenvalue weighted by Gasteiger charge is 2.41. The van der Waals surface area contributed by atoms with Crippen LogP contribution < -0.4 is 5.73 Å². The lowest BCUT2D eigenvalue weighted by atomic mass is 9.97. The molecule has 0 spiro atoms. The average Bonchev–Trinajstić information content (AvgIpc) is 3.03. The van der Waals surface area contributed by atoms with E-state index >= 15 is 0 Å². The number of carbonyl (C=O) groups excluding carboxylic acids is 1. The molecular formula is C16H22ClN3O3S. The van der Waals surface area contributed by atoms with Gasteiger partial charge in [-0.05, 0) is 37.1 Å². The van der Waals surface area contributed by atoms with E-state index in [4.69, 9.17) is 17.3 Å². The molecule has 6 nitrogen and oxygen atoms in total. The van der Waals surface area contributed by atoms with E-state index < -0.39 is 15.6 Å². The maximum absolute atomic E-state index is 12.6. The Hall–Kier alpha value is -1.15. The van der Waals surface area contributed by atoms with Crippen LogP contribution in [0.2, 0.25) is 5.02 Å². The molecule has 1 amide bonds. The summed E-state index contributed by atoms with van der Waals surface area (Å²) >= 11 is 5.81. The van der Waals surface area contributed by atoms with Gasteiger partial charge in [0.05, 0.1) is 10.4 Å². The number of rotatable bonds is 3. The lowest BCUT2D eigenvalue weighted by molar-refractivity contribution is -0.138. The number of carbonyl (C=O) groups is 1. The van der Waals surface area contributed by atoms with E-state index in [0.717, 1.165) is 25.7 Å². The van der Waals surface area contributed by atoms with Gasteiger partial charge in [-0.25, -0.2) is 8.42 Å². The van der Waals surface area contributed by atoms with Crippen LogP contribution in [0.15, 0.2) is 29.2 Å². The number of nitrogens with two attached hydrogens (primary N) is 1. The molecule has 132 valence electrons. The SMILES string of the molecule is NC1(C(=O)N2CCN(S(=O)(=O)c3ccc(Cl)cc3)CC2)CCCC1. The summed E-state index contributed by atoms with van der Waals surface area (Å²) in [6, 6.07) is 6.13. The minimum absolute atomic E-state index is 0.0384. The summed E-state index contributed by atoms with van der Waals surface area (Å²) in [6.07, 6.45) is 3.39. The van der Waals surface area contributed by atoms with Crippen LogP contribution in [-0.4, -0.2) is 55.2 Å². The number of benzene rings is 1. The second-order valence-electron chi connectivity index (χ2n) is 6.51. The summed E-state index contributed by atoms with van der Waals surface area (Å²) in [5.74, 6) is -0.0384. The molecule has 2 N–H and O–H groups in total. The summed E-state index contributed by atoms with van der Waals surface area (Å²) in [6.45, 7) is 1.33. The maximum Gasteiger partial charge on any atom is 0.243 e. The highest BCUT2D eigenvalue weighted by Crippen LogP contribution is 2.29. The molecule has 24 heavy (non-hydrogen) atoms. The van der Waals surface area contributed by atoms with Crippen molar-refractivity contribution in [2.45, 2.75) is 36.1 Å². The third-order valence-electron chi connectivity index (χ3n) is 4.90. The number of hydrogen-bond donors (Lipinski definition) is 1. The molecule has 1 aromatic rings. The van der Waals surface area contributed by atoms with Gasteiger partial charge in [-0.3, -0.25) is 4.79 Å². The van der Waals surface area contributed by atoms with Crippen molar-refractivity contribution in [2.75, 3.05) is 26.2 Å². The summed E-state index contributed by atoms with van der Waals surface area (Å²) in [4.78, 5) is 14.5. The predicted octanol–water partition coefficient (Wildman–Crippen LogP) is 1.44. The van der Waals surface area contributed by atoms with E-state index in [1.165, 1.54) is 16.4 Å². The zero-order valence-corrected chi connectivity index (χ0v) is 15.0. The van der Waals surface area contributed by atoms with Crippen LogP contribution in [0.3, 0.4) is 0 Å². The van der Waals surface area contributed by atoms with Crippen LogP contribution >= 0.6 is 11.6 Å². The van der Waals surface area contributed by atoms with Crippen LogP contribution in [0, 0.1) is 0 Å². The van der Waals surface area contributed by atoms with Crippen molar-refractivity contribution in [3.63, 3.8) is 0 Å². The molecule has 1 aliphatic carbocycles. The second-order valence-corrected chi connectivity index (χ2v) is 8.89. The van der Waals surface area contributed by atoms with Gasteiger partial charge in [-0.15, -0.1) is 0 Å². The fourth-order valence-electron chi connectivity index (χ4n) is 3.42. The molecule has 1 aromatic carbocycles. The highest BCUT2D eigenvalue weighted by atomic mass is 35.5. The predicted molar refractivity (Wildman–Crippen MR) is 92.2 cm³/mol. The van der Waals surface area contributed by atoms with Gasteiger partial charge in [0, 0.05) is 31.2 Å². The van der Waals surface area contributed by atoms with Crippen molar-refractivity contribution >= 4 is 27.5 Å². The van der Waals surface area contributed by atoms with Crippen molar-refractivity contribution in [3.05, 3.63) is 29.3 Å². The van der Waals surface area contributed by atoms with Crippen molar-refractivity contribution < 1.29 is 13.2 Å². The molecule has 8 heteroatoms. The Morgan fingerprint density at radius 2 is 1.58 bits per heavy atom. The smallest absolute Gasteiger partial charge is 0.243 e. The van der Waals surface area contributed by atoms with E-state index in [1.807, 2.05) is 0 Å². The molecule has 0 radical (unpaired) electrons. The molecule has 3 rings (SSSR count). The Labute approximate surface area is 147 Å². The van der Waals surface area contributed by atoms with Gasteiger partial charge in [0.2, 0.25) is 15.9 Å². The first-order valence-corrected chi connectivity index (χ1v) is 9.99. The Bertz CT molecular complexity index is 707. The summed E-state index contributed by atoms with van der Waals surface area (Å²) in [5.41, 5.74) is 5.47. The van der Waals surface area contributed by atoms with Gasteiger partial charge in [-0.1, -0.05) is 24.4 Å². The minimum atomic E-state index is -3.56. The zero-order chi connectivity index (χ0) is 17.4. The first-order valence-electron chi connectivity index (χ1n) is 8.17. The summed E-state index contributed by atoms with van der Waals surface area (Å²) < 4.78 is 26.7. The number of piperazine rings is 1. The molecule has 1 aliphatic heterocycles. The minimum Gasteiger partial charge on any atom is -0.338 e. The van der Waals surface area contributed by atoms with Crippen molar-refractivity contribution in [3.8, 4) is 0 Å². The molecule has 2 fully saturated rings. The van der Waals surface area contributed by atoms with Gasteiger partial charge in [0.25, 0.3) is 0 Å². The third kappa shape index (κ3) is 3.31. The van der Waals surface area contributed by atoms with Crippen LogP contribution in [0.4, 0.5) is 0 Å². The molecule has 1 saturated heterocycles. The molecule has 0 aromatic heterocycles. The average molecular weight is 372 g/mol. The van der Waals surface area contributed by atoms with Crippen molar-refractivity contribution in [2.24, 2.45) is 5.73 Å². The lowest BCUT2D eigenvalue weighted by Crippen LogP contribution is -2.59. The number of halogens is 1. The first-order chi connectivity index (χ1) is 11.3. The van der Waals surface area contributed by atoms with Crippen LogP contribution in [0.1, 0.15) is 25.7 Å². The van der Waals surface area contributed by atoms with Gasteiger partial charge in [-0.2, -0.15) is 4.31 Å². The number of sulfonamides is 1. The second kappa shape index (κ2) is 6.63. The fourth-order valence-corrected chi connectivity index (χ4v) is 4.97. The standard InChI is InChI=1S/C16H22ClN3O3S/c17-13-3-5-14(6-4-13)24(22,23)20-11-9-19(10-12-20)15(21)16(18)7-1-2-8-16/h3-6H,1-2,7-12,18H2. The molecule has 0 bridgehead atoms. The first kappa shape index (κ1) is 17.7. The quantitative estimate of drug-likeness (QED) is 0.871. The van der Waals surface area contributed by atoms with Gasteiger partial charge in [0.1, 0.15) is 0 Å². The molecule has 0 unspecified atom stereocenters. The largest absolute Gasteiger partial charge is 0.338 e. The highest BCUT2D eigenvalue weighted by molar-refractivity contribution is 7.89. The number of amides is 1. The molecule has 0 atom stereocenters. The van der Waals surface area contributed by atoms with Gasteiger partial charge in [0.15, 0.2) is 0 Å². The third-order valence-corrected chi connectivity index (χ3v) is 7.06. The van der Waals surface area contributed by atoms with E-state index in [0.29, 0.717) is 18.1 Å².